The molecule has 2 saturated carbocycles. The number of ether oxygens (including phenoxy) is 11. The van der Waals surface area contributed by atoms with Gasteiger partial charge in [0.1, 0.15) is 42.7 Å². The van der Waals surface area contributed by atoms with Crippen molar-refractivity contribution >= 4 is 77.1 Å². The molecular weight excluding hydrogens is 1190 g/mol. The van der Waals surface area contributed by atoms with Gasteiger partial charge in [-0.15, -0.1) is 0 Å². The van der Waals surface area contributed by atoms with Gasteiger partial charge in [-0.3, -0.25) is 38.4 Å². The summed E-state index contributed by atoms with van der Waals surface area (Å²) in [6, 6.07) is 18.2. The van der Waals surface area contributed by atoms with Gasteiger partial charge >= 0.3 is 59.7 Å². The number of hydrogen-bond acceptors (Lipinski definition) is 24. The standard InChI is InChI=1S/C65H71N3O21S/c1-7-53(69)82-36-39(3)81-37-40(4)85-58(74)30-29-56(72)80-34-32-43-11-23-48(24-12-43)86-62(75)44-13-17-46(18-14-44)64(77)88-51-25-26-52(60-59(51)68-61(90-60)50(35-66)67-6)89-65(78)47-19-15-45(16-20-47)63(76)87-49-21-9-42(10-22-49)31-33-79-55(71)27-28-57(73)83-38-41(5)84-54(70)8-2/h7-12,21-26,39-41,44-47,68H,1-2,13-20,27-34,36-38H2,3-5H3/b61-50-. The molecule has 24 nitrogen and oxygen atoms in total. The number of nitrogens with one attached hydrogen (secondary N) is 1. The minimum absolute atomic E-state index is 0.0132. The Morgan fingerprint density at radius 2 is 0.978 bits per heavy atom. The fourth-order valence-electron chi connectivity index (χ4n) is 9.37. The molecule has 0 radical (unpaired) electrons. The molecule has 0 spiro atoms. The highest BCUT2D eigenvalue weighted by Gasteiger charge is 2.37. The quantitative estimate of drug-likeness (QED) is 0.0157. The Kier molecular flexibility index (Phi) is 27.6. The van der Waals surface area contributed by atoms with Crippen molar-refractivity contribution in [1.82, 2.24) is 0 Å². The van der Waals surface area contributed by atoms with Gasteiger partial charge in [-0.05, 0) is 120 Å². The van der Waals surface area contributed by atoms with Gasteiger partial charge in [0.05, 0.1) is 104 Å². The normalized spacial score (nSPS) is 18.0. The lowest BCUT2D eigenvalue weighted by molar-refractivity contribution is -0.156. The van der Waals surface area contributed by atoms with Crippen LogP contribution in [0.1, 0.15) is 109 Å². The number of fused-ring (bicyclic) bond motifs is 1. The second-order valence-corrected chi connectivity index (χ2v) is 22.3. The Hall–Kier alpha value is -9.33. The average molecular weight is 1260 g/mol. The number of hydrogen-bond donors (Lipinski definition) is 1. The molecule has 3 aromatic carbocycles. The summed E-state index contributed by atoms with van der Waals surface area (Å²) in [5.41, 5.74) is 1.57. The first-order valence-corrected chi connectivity index (χ1v) is 30.1. The number of nitrogens with zero attached hydrogens (tertiary/aromatic N) is 2. The van der Waals surface area contributed by atoms with Crippen LogP contribution in [0.2, 0.25) is 0 Å². The van der Waals surface area contributed by atoms with Gasteiger partial charge in [0.25, 0.3) is 5.70 Å². The predicted octanol–water partition coefficient (Wildman–Crippen LogP) is 8.91. The first-order chi connectivity index (χ1) is 43.2. The van der Waals surface area contributed by atoms with Gasteiger partial charge in [0.15, 0.2) is 5.75 Å². The average Bonchev–Trinajstić information content (AvgIpc) is 1.64. The maximum Gasteiger partial charge on any atom is 0.330 e. The lowest BCUT2D eigenvalue weighted by Gasteiger charge is -2.26. The summed E-state index contributed by atoms with van der Waals surface area (Å²) in [6.07, 6.45) is 3.00. The molecule has 3 aliphatic rings. The zero-order valence-corrected chi connectivity index (χ0v) is 51.0. The molecule has 0 bridgehead atoms. The number of anilines is 1. The molecule has 1 N–H and O–H groups in total. The molecule has 3 unspecified atom stereocenters. The summed E-state index contributed by atoms with van der Waals surface area (Å²) in [7, 11) is 0. The second kappa shape index (κ2) is 35.6. The van der Waals surface area contributed by atoms with E-state index in [1.165, 1.54) is 12.1 Å². The molecule has 1 heterocycles. The summed E-state index contributed by atoms with van der Waals surface area (Å²) >= 11 is 0.981. The number of benzene rings is 3. The molecule has 0 amide bonds. The van der Waals surface area contributed by atoms with Crippen molar-refractivity contribution < 1.29 is 100 Å². The van der Waals surface area contributed by atoms with Crippen molar-refractivity contribution in [2.45, 2.75) is 134 Å². The fraction of sp³-hybridized carbons (Fsp3) is 0.446. The highest BCUT2D eigenvalue weighted by molar-refractivity contribution is 8.03. The van der Waals surface area contributed by atoms with Gasteiger partial charge in [-0.2, -0.15) is 0 Å². The van der Waals surface area contributed by atoms with Crippen molar-refractivity contribution in [3.05, 3.63) is 119 Å². The van der Waals surface area contributed by atoms with E-state index < -0.39 is 102 Å². The molecule has 3 aromatic rings. The highest BCUT2D eigenvalue weighted by atomic mass is 32.2. The van der Waals surface area contributed by atoms with E-state index in [1.54, 1.807) is 69.3 Å². The van der Waals surface area contributed by atoms with Crippen LogP contribution in [0, 0.1) is 41.6 Å². The van der Waals surface area contributed by atoms with E-state index in [4.69, 9.17) is 58.7 Å². The lowest BCUT2D eigenvalue weighted by atomic mass is 9.82. The number of nitriles is 1. The molecular formula is C65H71N3O21S. The molecule has 6 rings (SSSR count). The van der Waals surface area contributed by atoms with Crippen LogP contribution < -0.4 is 24.3 Å². The molecule has 25 heteroatoms. The van der Waals surface area contributed by atoms with Gasteiger partial charge in [0.2, 0.25) is 0 Å². The van der Waals surface area contributed by atoms with Crippen LogP contribution in [0.3, 0.4) is 0 Å². The molecule has 2 fully saturated rings. The van der Waals surface area contributed by atoms with Gasteiger partial charge in [0, 0.05) is 25.0 Å². The first-order valence-electron chi connectivity index (χ1n) is 29.3. The third-order valence-electron chi connectivity index (χ3n) is 14.4. The molecule has 0 aromatic heterocycles. The van der Waals surface area contributed by atoms with Crippen LogP contribution in [0.25, 0.3) is 4.85 Å². The number of rotatable bonds is 31. The van der Waals surface area contributed by atoms with E-state index in [9.17, 15) is 53.2 Å². The van der Waals surface area contributed by atoms with Crippen molar-refractivity contribution in [3.8, 4) is 29.1 Å². The van der Waals surface area contributed by atoms with E-state index in [-0.39, 0.29) is 86.6 Å². The molecule has 1 aliphatic heterocycles. The zero-order valence-electron chi connectivity index (χ0n) is 50.2. The van der Waals surface area contributed by atoms with Crippen molar-refractivity contribution in [3.63, 3.8) is 0 Å². The Morgan fingerprint density at radius 1 is 0.556 bits per heavy atom. The van der Waals surface area contributed by atoms with E-state index in [0.717, 1.165) is 35.0 Å². The lowest BCUT2D eigenvalue weighted by Crippen LogP contribution is -2.30. The molecule has 0 saturated heterocycles. The molecule has 90 heavy (non-hydrogen) atoms. The Morgan fingerprint density at radius 3 is 1.44 bits per heavy atom. The Labute approximate surface area is 524 Å². The van der Waals surface area contributed by atoms with E-state index >= 15 is 0 Å². The summed E-state index contributed by atoms with van der Waals surface area (Å²) < 4.78 is 59.3. The third-order valence-corrected chi connectivity index (χ3v) is 15.5. The number of esters is 10. The van der Waals surface area contributed by atoms with Crippen molar-refractivity contribution in [1.29, 1.82) is 5.26 Å². The SMILES string of the molecule is [C-]#[N+]/C(C#N)=C1/Nc2c(OC(=O)C3CCC(C(=O)Oc4ccc(CCOC(=O)CCC(=O)OC(C)COC(C)COC(=O)C=C)cc4)CC3)ccc(OC(=O)C3CCC(C(=O)Oc4ccc(CCOC(=O)CCC(=O)OCC(C)OC(=O)C=C)cc4)CC3)c2S1. The van der Waals surface area contributed by atoms with Gasteiger partial charge < -0.3 is 57.4 Å². The van der Waals surface area contributed by atoms with Gasteiger partial charge in [-0.25, -0.2) is 19.7 Å². The number of thioether (sulfide) groups is 1. The molecule has 3 atom stereocenters. The number of carbonyl (C=O) groups excluding carboxylic acids is 10. The summed E-state index contributed by atoms with van der Waals surface area (Å²) in [5.74, 6) is -6.92. The Bertz CT molecular complexity index is 3210. The molecule has 478 valence electrons. The number of allylic oxidation sites excluding steroid dienone is 1. The predicted molar refractivity (Wildman–Crippen MR) is 318 cm³/mol. The zero-order chi connectivity index (χ0) is 65.1. The summed E-state index contributed by atoms with van der Waals surface area (Å²) in [6.45, 7) is 19.0. The minimum atomic E-state index is -0.676. The minimum Gasteiger partial charge on any atom is -0.465 e. The fourth-order valence-corrected chi connectivity index (χ4v) is 10.4. The van der Waals surface area contributed by atoms with Crippen LogP contribution >= 0.6 is 11.8 Å². The van der Waals surface area contributed by atoms with Crippen molar-refractivity contribution in [2.24, 2.45) is 23.7 Å². The van der Waals surface area contributed by atoms with Crippen LogP contribution in [-0.2, 0) is 93.9 Å². The van der Waals surface area contributed by atoms with Crippen LogP contribution in [-0.4, -0.2) is 111 Å². The van der Waals surface area contributed by atoms with E-state index in [1.807, 2.05) is 6.07 Å². The van der Waals surface area contributed by atoms with Gasteiger partial charge in [-0.1, -0.05) is 49.2 Å². The third kappa shape index (κ3) is 22.7. The molecule has 2 aliphatic carbocycles. The maximum atomic E-state index is 13.7. The highest BCUT2D eigenvalue weighted by Crippen LogP contribution is 2.52. The van der Waals surface area contributed by atoms with Crippen LogP contribution in [0.4, 0.5) is 5.69 Å². The van der Waals surface area contributed by atoms with Crippen LogP contribution in [0.5, 0.6) is 23.0 Å². The largest absolute Gasteiger partial charge is 0.465 e. The smallest absolute Gasteiger partial charge is 0.330 e. The van der Waals surface area contributed by atoms with E-state index in [0.29, 0.717) is 80.6 Å². The van der Waals surface area contributed by atoms with E-state index in [2.05, 4.69) is 23.3 Å². The summed E-state index contributed by atoms with van der Waals surface area (Å²) in [5, 5.41) is 12.9. The maximum absolute atomic E-state index is 13.7. The summed E-state index contributed by atoms with van der Waals surface area (Å²) in [4.78, 5) is 128. The first kappa shape index (κ1) is 69.8. The second-order valence-electron chi connectivity index (χ2n) is 21.3. The monoisotopic (exact) mass is 1260 g/mol. The van der Waals surface area contributed by atoms with Crippen LogP contribution in [0.15, 0.2) is 102 Å². The topological polar surface area (TPSA) is 312 Å². The number of carbonyl (C=O) groups is 10. The Balaban J connectivity index is 0.885. The van der Waals surface area contributed by atoms with Crippen molar-refractivity contribution in [2.75, 3.05) is 38.4 Å².